The Morgan fingerprint density at radius 1 is 1.36 bits per heavy atom. The number of aromatic carboxylic acids is 1. The van der Waals surface area contributed by atoms with Gasteiger partial charge in [0.1, 0.15) is 10.7 Å². The molecule has 1 aromatic carbocycles. The summed E-state index contributed by atoms with van der Waals surface area (Å²) in [6.07, 6.45) is 0.511. The molecule has 1 heterocycles. The minimum Gasteiger partial charge on any atom is -0.478 e. The summed E-state index contributed by atoms with van der Waals surface area (Å²) in [6, 6.07) is 5.58. The van der Waals surface area contributed by atoms with Gasteiger partial charge in [0.05, 0.1) is 47.7 Å². The number of carboxylic acids is 1. The Morgan fingerprint density at radius 3 is 2.71 bits per heavy atom. The smallest absolute Gasteiger partial charge is 0.337 e. The molecule has 1 unspecified atom stereocenters. The molecule has 12 heteroatoms. The average molecular weight is 451 g/mol. The van der Waals surface area contributed by atoms with Crippen LogP contribution in [0.25, 0.3) is 0 Å². The van der Waals surface area contributed by atoms with Crippen molar-refractivity contribution in [1.29, 1.82) is 0 Å². The highest BCUT2D eigenvalue weighted by Crippen LogP contribution is 2.29. The third kappa shape index (κ3) is 6.12. The molecule has 0 aliphatic heterocycles. The van der Waals surface area contributed by atoms with Crippen LogP contribution in [0.1, 0.15) is 16.1 Å². The second kappa shape index (κ2) is 10.1. The number of hydrogen-bond donors (Lipinski definition) is 5. The average Bonchev–Trinajstić information content (AvgIpc) is 3.16. The summed E-state index contributed by atoms with van der Waals surface area (Å²) in [5, 5.41) is 30.1. The monoisotopic (exact) mass is 450 g/mol. The molecule has 154 valence electrons. The Morgan fingerprint density at radius 2 is 2.11 bits per heavy atom. The van der Waals surface area contributed by atoms with Gasteiger partial charge in [0.15, 0.2) is 0 Å². The van der Waals surface area contributed by atoms with Crippen molar-refractivity contribution in [3.8, 4) is 0 Å². The third-order valence-corrected chi connectivity index (χ3v) is 6.51. The lowest BCUT2D eigenvalue weighted by Crippen LogP contribution is -2.25. The van der Waals surface area contributed by atoms with Crippen molar-refractivity contribution in [1.82, 2.24) is 4.72 Å². The fraction of sp³-hybridized carbons (Fsp3) is 0.312. The van der Waals surface area contributed by atoms with Crippen molar-refractivity contribution in [2.45, 2.75) is 17.5 Å². The van der Waals surface area contributed by atoms with Gasteiger partial charge < -0.3 is 25.1 Å². The minimum atomic E-state index is -4.08. The first kappa shape index (κ1) is 22.5. The minimum absolute atomic E-state index is 0.0867. The molecule has 9 nitrogen and oxygen atoms in total. The number of anilines is 1. The second-order valence-corrected chi connectivity index (χ2v) is 8.74. The van der Waals surface area contributed by atoms with Gasteiger partial charge in [-0.1, -0.05) is 11.6 Å². The van der Waals surface area contributed by atoms with E-state index in [1.165, 1.54) is 12.3 Å². The largest absolute Gasteiger partial charge is 0.478 e. The molecule has 0 amide bonds. The lowest BCUT2D eigenvalue weighted by molar-refractivity contribution is 0.0697. The van der Waals surface area contributed by atoms with E-state index in [1.807, 2.05) is 0 Å². The second-order valence-electron chi connectivity index (χ2n) is 5.57. The number of sulfonamides is 1. The predicted octanol–water partition coefficient (Wildman–Crippen LogP) is 1.57. The molecule has 28 heavy (non-hydrogen) atoms. The molecule has 1 aromatic heterocycles. The van der Waals surface area contributed by atoms with Gasteiger partial charge >= 0.3 is 5.97 Å². The van der Waals surface area contributed by atoms with Gasteiger partial charge in [0.2, 0.25) is 10.0 Å². The lowest BCUT2D eigenvalue weighted by Gasteiger charge is -2.14. The first-order valence-electron chi connectivity index (χ1n) is 7.94. The van der Waals surface area contributed by atoms with Crippen molar-refractivity contribution in [3.63, 3.8) is 0 Å². The highest BCUT2D eigenvalue weighted by atomic mass is 35.5. The molecule has 0 aliphatic carbocycles. The molecule has 2 aromatic rings. The number of aliphatic hydroxyl groups excluding tert-OH is 2. The molecule has 0 saturated heterocycles. The van der Waals surface area contributed by atoms with Crippen molar-refractivity contribution < 1.29 is 32.9 Å². The van der Waals surface area contributed by atoms with Gasteiger partial charge in [-0.05, 0) is 24.3 Å². The molecule has 0 aliphatic rings. The van der Waals surface area contributed by atoms with Crippen LogP contribution in [0, 0.1) is 0 Å². The summed E-state index contributed by atoms with van der Waals surface area (Å²) in [7, 11) is -4.08. The highest BCUT2D eigenvalue weighted by Gasteiger charge is 2.23. The summed E-state index contributed by atoms with van der Waals surface area (Å²) in [6.45, 7) is -0.238. The first-order valence-corrected chi connectivity index (χ1v) is 11.0. The zero-order valence-corrected chi connectivity index (χ0v) is 16.9. The number of furan rings is 1. The van der Waals surface area contributed by atoms with E-state index < -0.39 is 28.7 Å². The summed E-state index contributed by atoms with van der Waals surface area (Å²) < 4.78 is 32.3. The van der Waals surface area contributed by atoms with E-state index >= 15 is 0 Å². The molecule has 0 bridgehead atoms. The summed E-state index contributed by atoms with van der Waals surface area (Å²) in [5.74, 6) is -0.720. The number of thioether (sulfide) groups is 1. The van der Waals surface area contributed by atoms with Crippen LogP contribution < -0.4 is 10.0 Å². The van der Waals surface area contributed by atoms with Gasteiger partial charge in [-0.25, -0.2) is 17.9 Å². The van der Waals surface area contributed by atoms with E-state index in [9.17, 15) is 23.4 Å². The molecular weight excluding hydrogens is 432 g/mol. The number of carboxylic acid groups (broad SMARTS) is 1. The normalized spacial score (nSPS) is 12.7. The number of hydrogen-bond acceptors (Lipinski definition) is 8. The van der Waals surface area contributed by atoms with E-state index in [0.29, 0.717) is 5.76 Å². The zero-order chi connectivity index (χ0) is 20.7. The number of carbonyl (C=O) groups is 1. The fourth-order valence-electron chi connectivity index (χ4n) is 2.12. The van der Waals surface area contributed by atoms with Gasteiger partial charge in [0, 0.05) is 5.75 Å². The molecule has 0 radical (unpaired) electrons. The zero-order valence-electron chi connectivity index (χ0n) is 14.5. The maximum absolute atomic E-state index is 12.4. The van der Waals surface area contributed by atoms with E-state index in [-0.39, 0.29) is 39.3 Å². The standard InChI is InChI=1S/C16H19ClN2O7S2/c17-13-5-14(18-6-11-2-1-3-26-11)12(16(22)23)4-15(13)28(24,25)19-9-27-8-10(21)7-20/h1-5,10,18-21H,6-9H2,(H,22,23). The molecule has 1 atom stereocenters. The van der Waals surface area contributed by atoms with Crippen LogP contribution in [-0.4, -0.2) is 54.0 Å². The summed E-state index contributed by atoms with van der Waals surface area (Å²) >= 11 is 7.13. The van der Waals surface area contributed by atoms with Crippen LogP contribution in [0.2, 0.25) is 5.02 Å². The van der Waals surface area contributed by atoms with Crippen molar-refractivity contribution in [2.24, 2.45) is 0 Å². The number of rotatable bonds is 11. The van der Waals surface area contributed by atoms with E-state index in [4.69, 9.17) is 21.1 Å². The first-order chi connectivity index (χ1) is 13.2. The maximum Gasteiger partial charge on any atom is 0.337 e. The van der Waals surface area contributed by atoms with Crippen LogP contribution in [0.5, 0.6) is 0 Å². The van der Waals surface area contributed by atoms with Gasteiger partial charge in [-0.15, -0.1) is 11.8 Å². The van der Waals surface area contributed by atoms with Crippen LogP contribution in [0.3, 0.4) is 0 Å². The molecule has 0 fully saturated rings. The van der Waals surface area contributed by atoms with Crippen LogP contribution in [-0.2, 0) is 16.6 Å². The molecule has 2 rings (SSSR count). The third-order valence-electron chi connectivity index (χ3n) is 3.50. The van der Waals surface area contributed by atoms with Crippen molar-refractivity contribution in [3.05, 3.63) is 46.9 Å². The highest BCUT2D eigenvalue weighted by molar-refractivity contribution is 8.00. The molecular formula is C16H19ClN2O7S2. The van der Waals surface area contributed by atoms with Gasteiger partial charge in [0.25, 0.3) is 0 Å². The van der Waals surface area contributed by atoms with Gasteiger partial charge in [-0.3, -0.25) is 0 Å². The number of halogens is 1. The van der Waals surface area contributed by atoms with Crippen molar-refractivity contribution >= 4 is 45.0 Å². The lowest BCUT2D eigenvalue weighted by atomic mass is 10.1. The Bertz CT molecular complexity index is 904. The number of aliphatic hydroxyl groups is 2. The Labute approximate surface area is 170 Å². The summed E-state index contributed by atoms with van der Waals surface area (Å²) in [5.41, 5.74) is -0.118. The van der Waals surface area contributed by atoms with E-state index in [2.05, 4.69) is 10.0 Å². The Hall–Kier alpha value is -1.76. The topological polar surface area (TPSA) is 149 Å². The fourth-order valence-corrected chi connectivity index (χ4v) is 4.78. The van der Waals surface area contributed by atoms with Crippen LogP contribution in [0.15, 0.2) is 39.8 Å². The quantitative estimate of drug-likeness (QED) is 0.254. The van der Waals surface area contributed by atoms with E-state index in [0.717, 1.165) is 17.8 Å². The van der Waals surface area contributed by atoms with Crippen molar-refractivity contribution in [2.75, 3.05) is 23.6 Å². The maximum atomic E-state index is 12.4. The van der Waals surface area contributed by atoms with Crippen LogP contribution in [0.4, 0.5) is 5.69 Å². The SMILES string of the molecule is O=C(O)c1cc(S(=O)(=O)NCSCC(O)CO)c(Cl)cc1NCc1ccco1. The van der Waals surface area contributed by atoms with Crippen LogP contribution >= 0.6 is 23.4 Å². The number of benzene rings is 1. The predicted molar refractivity (Wildman–Crippen MR) is 105 cm³/mol. The Kier molecular flexibility index (Phi) is 8.16. The number of nitrogens with one attached hydrogen (secondary N) is 2. The van der Waals surface area contributed by atoms with Gasteiger partial charge in [-0.2, -0.15) is 0 Å². The molecule has 0 spiro atoms. The molecule has 5 N–H and O–H groups in total. The summed E-state index contributed by atoms with van der Waals surface area (Å²) in [4.78, 5) is 11.2. The molecule has 0 saturated carbocycles. The Balaban J connectivity index is 2.17. The van der Waals surface area contributed by atoms with E-state index in [1.54, 1.807) is 12.1 Å².